The Hall–Kier alpha value is -2.56. The minimum absolute atomic E-state index is 0.0249. The van der Waals surface area contributed by atoms with E-state index < -0.39 is 5.92 Å². The van der Waals surface area contributed by atoms with Crippen molar-refractivity contribution in [2.24, 2.45) is 5.73 Å². The van der Waals surface area contributed by atoms with E-state index in [1.807, 2.05) is 37.3 Å². The molecule has 2 N–H and O–H groups in total. The maximum Gasteiger partial charge on any atom is 0.258 e. The molecule has 3 heterocycles. The molecule has 2 aliphatic heterocycles. The van der Waals surface area contributed by atoms with Crippen LogP contribution in [0, 0.1) is 18.3 Å². The van der Waals surface area contributed by atoms with Crippen molar-refractivity contribution in [2.75, 3.05) is 6.61 Å². The Morgan fingerprint density at radius 2 is 2.18 bits per heavy atom. The molecule has 0 unspecified atom stereocenters. The summed E-state index contributed by atoms with van der Waals surface area (Å²) < 4.78 is 13.9. The molecule has 1 aromatic heterocycles. The van der Waals surface area contributed by atoms with Gasteiger partial charge in [-0.3, -0.25) is 4.79 Å². The molecule has 28 heavy (non-hydrogen) atoms. The summed E-state index contributed by atoms with van der Waals surface area (Å²) >= 11 is 3.55. The molecule has 7 heteroatoms. The number of aryl methyl sites for hydroxylation is 1. The van der Waals surface area contributed by atoms with Crippen molar-refractivity contribution in [2.45, 2.75) is 38.3 Å². The van der Waals surface area contributed by atoms with Crippen LogP contribution in [0.15, 0.2) is 51.1 Å². The number of hydrogen-bond donors (Lipinski definition) is 1. The lowest BCUT2D eigenvalue weighted by Crippen LogP contribution is -2.35. The number of pyridine rings is 1. The standard InChI is InChI=1S/C21H20BrN3O3/c1-12-9-17-19(21(26)25(12)11-13-5-4-8-27-13)18(15(10-23)20(24)28-17)14-6-2-3-7-16(14)22/h2-3,6-7,9,13,18H,4-5,8,11,24H2,1H3/t13-,18+/m1/s1. The summed E-state index contributed by atoms with van der Waals surface area (Å²) in [6.45, 7) is 3.08. The fourth-order valence-corrected chi connectivity index (χ4v) is 4.44. The normalized spacial score (nSPS) is 21.2. The highest BCUT2D eigenvalue weighted by atomic mass is 79.9. The van der Waals surface area contributed by atoms with Crippen LogP contribution in [-0.2, 0) is 11.3 Å². The zero-order chi connectivity index (χ0) is 19.8. The van der Waals surface area contributed by atoms with Crippen LogP contribution in [0.1, 0.15) is 35.6 Å². The molecule has 0 spiro atoms. The van der Waals surface area contributed by atoms with Crippen LogP contribution in [0.25, 0.3) is 0 Å². The van der Waals surface area contributed by atoms with E-state index in [1.165, 1.54) is 0 Å². The minimum Gasteiger partial charge on any atom is -0.440 e. The fraction of sp³-hybridized carbons (Fsp3) is 0.333. The monoisotopic (exact) mass is 441 g/mol. The maximum atomic E-state index is 13.5. The lowest BCUT2D eigenvalue weighted by Gasteiger charge is -2.28. The Labute approximate surface area is 171 Å². The van der Waals surface area contributed by atoms with Crippen molar-refractivity contribution in [3.8, 4) is 11.8 Å². The van der Waals surface area contributed by atoms with Gasteiger partial charge in [-0.2, -0.15) is 5.26 Å². The van der Waals surface area contributed by atoms with Crippen LogP contribution in [0.3, 0.4) is 0 Å². The zero-order valence-corrected chi connectivity index (χ0v) is 17.0. The van der Waals surface area contributed by atoms with Crippen molar-refractivity contribution in [3.63, 3.8) is 0 Å². The van der Waals surface area contributed by atoms with Gasteiger partial charge in [-0.25, -0.2) is 0 Å². The third-order valence-corrected chi connectivity index (χ3v) is 6.04. The van der Waals surface area contributed by atoms with E-state index in [9.17, 15) is 10.1 Å². The van der Waals surface area contributed by atoms with Gasteiger partial charge in [0.2, 0.25) is 5.88 Å². The second kappa shape index (κ2) is 7.46. The number of nitrogens with two attached hydrogens (primary N) is 1. The molecule has 2 atom stereocenters. The SMILES string of the molecule is Cc1cc2c(c(=O)n1C[C@H]1CCCO1)[C@@H](c1ccccc1Br)C(C#N)=C(N)O2. The molecule has 0 bridgehead atoms. The number of nitrogens with zero attached hydrogens (tertiary/aromatic N) is 2. The highest BCUT2D eigenvalue weighted by Crippen LogP contribution is 2.42. The average molecular weight is 442 g/mol. The predicted octanol–water partition coefficient (Wildman–Crippen LogP) is 3.32. The maximum absolute atomic E-state index is 13.5. The predicted molar refractivity (Wildman–Crippen MR) is 108 cm³/mol. The van der Waals surface area contributed by atoms with E-state index in [-0.39, 0.29) is 23.1 Å². The van der Waals surface area contributed by atoms with Gasteiger partial charge < -0.3 is 19.8 Å². The van der Waals surface area contributed by atoms with E-state index in [4.69, 9.17) is 15.2 Å². The summed E-state index contributed by atoms with van der Waals surface area (Å²) in [4.78, 5) is 13.5. The van der Waals surface area contributed by atoms with E-state index in [0.29, 0.717) is 17.9 Å². The summed E-state index contributed by atoms with van der Waals surface area (Å²) in [6, 6.07) is 11.5. The molecule has 1 fully saturated rings. The van der Waals surface area contributed by atoms with Gasteiger partial charge in [-0.05, 0) is 31.4 Å². The largest absolute Gasteiger partial charge is 0.440 e. The first kappa shape index (κ1) is 18.8. The number of nitriles is 1. The van der Waals surface area contributed by atoms with Crippen LogP contribution in [0.4, 0.5) is 0 Å². The van der Waals surface area contributed by atoms with Crippen LogP contribution in [0.2, 0.25) is 0 Å². The Morgan fingerprint density at radius 3 is 2.86 bits per heavy atom. The van der Waals surface area contributed by atoms with Crippen molar-refractivity contribution in [1.29, 1.82) is 5.26 Å². The molecule has 2 aromatic rings. The quantitative estimate of drug-likeness (QED) is 0.788. The zero-order valence-electron chi connectivity index (χ0n) is 15.4. The number of aromatic nitrogens is 1. The number of ether oxygens (including phenoxy) is 2. The Bertz CT molecular complexity index is 1060. The van der Waals surface area contributed by atoms with Crippen LogP contribution < -0.4 is 16.0 Å². The van der Waals surface area contributed by atoms with E-state index >= 15 is 0 Å². The molecule has 0 amide bonds. The highest BCUT2D eigenvalue weighted by molar-refractivity contribution is 9.10. The molecule has 0 radical (unpaired) electrons. The molecule has 6 nitrogen and oxygen atoms in total. The summed E-state index contributed by atoms with van der Waals surface area (Å²) in [5.41, 5.74) is 8.12. The third-order valence-electron chi connectivity index (χ3n) is 5.32. The number of fused-ring (bicyclic) bond motifs is 1. The van der Waals surface area contributed by atoms with Crippen LogP contribution in [0.5, 0.6) is 5.75 Å². The van der Waals surface area contributed by atoms with Gasteiger partial charge in [0.25, 0.3) is 5.56 Å². The molecule has 2 aliphatic rings. The lowest BCUT2D eigenvalue weighted by molar-refractivity contribution is 0.0955. The Morgan fingerprint density at radius 1 is 1.39 bits per heavy atom. The first-order valence-corrected chi connectivity index (χ1v) is 9.98. The van der Waals surface area contributed by atoms with E-state index in [1.54, 1.807) is 4.57 Å². The van der Waals surface area contributed by atoms with E-state index in [2.05, 4.69) is 22.0 Å². The number of halogens is 1. The lowest BCUT2D eigenvalue weighted by atomic mass is 9.84. The smallest absolute Gasteiger partial charge is 0.258 e. The van der Waals surface area contributed by atoms with Gasteiger partial charge in [-0.15, -0.1) is 0 Å². The summed E-state index contributed by atoms with van der Waals surface area (Å²) in [7, 11) is 0. The van der Waals surface area contributed by atoms with Crippen molar-refractivity contribution < 1.29 is 9.47 Å². The molecular weight excluding hydrogens is 422 g/mol. The molecule has 0 aliphatic carbocycles. The van der Waals surface area contributed by atoms with Gasteiger partial charge in [0.1, 0.15) is 17.4 Å². The first-order valence-electron chi connectivity index (χ1n) is 9.19. The summed E-state index contributed by atoms with van der Waals surface area (Å²) in [5.74, 6) is -0.150. The average Bonchev–Trinajstić information content (AvgIpc) is 3.18. The van der Waals surface area contributed by atoms with E-state index in [0.717, 1.165) is 35.2 Å². The van der Waals surface area contributed by atoms with Gasteiger partial charge in [0, 0.05) is 22.8 Å². The molecule has 144 valence electrons. The Balaban J connectivity index is 1.92. The summed E-state index contributed by atoms with van der Waals surface area (Å²) in [5, 5.41) is 9.74. The van der Waals surface area contributed by atoms with Gasteiger partial charge in [-0.1, -0.05) is 34.1 Å². The number of benzene rings is 1. The van der Waals surface area contributed by atoms with Crippen LogP contribution in [-0.4, -0.2) is 17.3 Å². The first-order chi connectivity index (χ1) is 13.5. The summed E-state index contributed by atoms with van der Waals surface area (Å²) in [6.07, 6.45) is 1.96. The van der Waals surface area contributed by atoms with Crippen molar-refractivity contribution in [3.05, 3.63) is 73.4 Å². The minimum atomic E-state index is -0.590. The van der Waals surface area contributed by atoms with Crippen molar-refractivity contribution >= 4 is 15.9 Å². The number of hydrogen-bond acceptors (Lipinski definition) is 5. The number of allylic oxidation sites excluding steroid dienone is 1. The highest BCUT2D eigenvalue weighted by Gasteiger charge is 2.35. The van der Waals surface area contributed by atoms with Gasteiger partial charge in [0.05, 0.1) is 24.1 Å². The second-order valence-electron chi connectivity index (χ2n) is 7.06. The van der Waals surface area contributed by atoms with Crippen LogP contribution >= 0.6 is 15.9 Å². The molecule has 4 rings (SSSR count). The molecular formula is C21H20BrN3O3. The molecule has 0 saturated carbocycles. The second-order valence-corrected chi connectivity index (χ2v) is 7.92. The fourth-order valence-electron chi connectivity index (χ4n) is 3.93. The number of rotatable bonds is 3. The molecule has 1 saturated heterocycles. The Kier molecular flexibility index (Phi) is 5.00. The third kappa shape index (κ3) is 3.13. The van der Waals surface area contributed by atoms with Gasteiger partial charge in [0.15, 0.2) is 0 Å². The molecule has 1 aromatic carbocycles. The van der Waals surface area contributed by atoms with Crippen molar-refractivity contribution in [1.82, 2.24) is 4.57 Å². The topological polar surface area (TPSA) is 90.3 Å². The van der Waals surface area contributed by atoms with Gasteiger partial charge >= 0.3 is 0 Å².